The fourth-order valence-electron chi connectivity index (χ4n) is 0.452. The number of alkyl halides is 4. The van der Waals surface area contributed by atoms with Crippen LogP contribution in [0, 0.1) is 0 Å². The lowest BCUT2D eigenvalue weighted by Gasteiger charge is -2.15. The molecule has 2 nitrogen and oxygen atoms in total. The van der Waals surface area contributed by atoms with Gasteiger partial charge in [-0.2, -0.15) is 8.78 Å². The van der Waals surface area contributed by atoms with Crippen molar-refractivity contribution >= 4 is 5.97 Å². The van der Waals surface area contributed by atoms with E-state index < -0.39 is 24.7 Å². The molecule has 0 aliphatic carbocycles. The number of hydrogen-bond donors (Lipinski definition) is 0. The maximum Gasteiger partial charge on any atom is 0.380 e. The molecule has 0 aromatic carbocycles. The molecule has 0 amide bonds. The first-order valence-electron chi connectivity index (χ1n) is 3.21. The van der Waals surface area contributed by atoms with Gasteiger partial charge in [0.2, 0.25) is 6.17 Å². The summed E-state index contributed by atoms with van der Waals surface area (Å²) in [4.78, 5) is 10.3. The van der Waals surface area contributed by atoms with Crippen molar-refractivity contribution in [2.45, 2.75) is 19.0 Å². The van der Waals surface area contributed by atoms with Crippen LogP contribution in [0.1, 0.15) is 6.92 Å². The first-order valence-corrected chi connectivity index (χ1v) is 3.21. The molecule has 0 bridgehead atoms. The van der Waals surface area contributed by atoms with Crippen LogP contribution in [0.3, 0.4) is 0 Å². The summed E-state index contributed by atoms with van der Waals surface area (Å²) in [6, 6.07) is 0. The molecule has 0 N–H and O–H groups in total. The van der Waals surface area contributed by atoms with E-state index in [4.69, 9.17) is 0 Å². The van der Waals surface area contributed by atoms with E-state index in [1.165, 1.54) is 6.92 Å². The Kier molecular flexibility index (Phi) is 3.99. The van der Waals surface area contributed by atoms with Crippen molar-refractivity contribution < 1.29 is 27.1 Å². The van der Waals surface area contributed by atoms with Crippen LogP contribution in [0.15, 0.2) is 0 Å². The van der Waals surface area contributed by atoms with Gasteiger partial charge < -0.3 is 4.74 Å². The summed E-state index contributed by atoms with van der Waals surface area (Å²) >= 11 is 0. The largest absolute Gasteiger partial charge is 0.461 e. The third-order valence-corrected chi connectivity index (χ3v) is 1.08. The van der Waals surface area contributed by atoms with Gasteiger partial charge in [0.25, 0.3) is 0 Å². The van der Waals surface area contributed by atoms with E-state index in [9.17, 15) is 22.4 Å². The van der Waals surface area contributed by atoms with Gasteiger partial charge in [-0.05, 0) is 6.92 Å². The van der Waals surface area contributed by atoms with Crippen LogP contribution in [0.4, 0.5) is 17.6 Å². The Morgan fingerprint density at radius 3 is 2.42 bits per heavy atom. The Morgan fingerprint density at radius 1 is 1.58 bits per heavy atom. The first-order chi connectivity index (χ1) is 5.46. The van der Waals surface area contributed by atoms with Gasteiger partial charge in [-0.25, -0.2) is 13.6 Å². The van der Waals surface area contributed by atoms with Gasteiger partial charge in [0.1, 0.15) is 6.67 Å². The topological polar surface area (TPSA) is 26.3 Å². The lowest BCUT2D eigenvalue weighted by Crippen LogP contribution is -2.41. The molecular formula is C6H8F4O2. The Hall–Kier alpha value is -0.810. The summed E-state index contributed by atoms with van der Waals surface area (Å²) in [5.41, 5.74) is 0. The van der Waals surface area contributed by atoms with Crippen LogP contribution in [0.5, 0.6) is 0 Å². The second-order valence-electron chi connectivity index (χ2n) is 1.97. The zero-order valence-corrected chi connectivity index (χ0v) is 6.32. The standard InChI is InChI=1S/C6H8F4O2/c1-2-12-5(11)6(9,10)4(8)3-7/h4H,2-3H2,1H3. The molecule has 1 atom stereocenters. The zero-order chi connectivity index (χ0) is 9.78. The molecule has 0 aromatic heterocycles. The Labute approximate surface area is 66.5 Å². The fourth-order valence-corrected chi connectivity index (χ4v) is 0.452. The highest BCUT2D eigenvalue weighted by Gasteiger charge is 2.49. The Bertz CT molecular complexity index is 160. The van der Waals surface area contributed by atoms with Gasteiger partial charge in [-0.15, -0.1) is 0 Å². The highest BCUT2D eigenvalue weighted by Crippen LogP contribution is 2.23. The van der Waals surface area contributed by atoms with Crippen LogP contribution in [-0.2, 0) is 9.53 Å². The summed E-state index contributed by atoms with van der Waals surface area (Å²) in [6.07, 6.45) is -3.13. The molecule has 0 rings (SSSR count). The van der Waals surface area contributed by atoms with Crippen molar-refractivity contribution in [1.82, 2.24) is 0 Å². The second kappa shape index (κ2) is 4.27. The highest BCUT2D eigenvalue weighted by molar-refractivity contribution is 5.78. The molecule has 0 saturated heterocycles. The van der Waals surface area contributed by atoms with E-state index in [-0.39, 0.29) is 6.61 Å². The summed E-state index contributed by atoms with van der Waals surface area (Å²) in [5, 5.41) is 0. The quantitative estimate of drug-likeness (QED) is 0.493. The van der Waals surface area contributed by atoms with Crippen molar-refractivity contribution in [1.29, 1.82) is 0 Å². The summed E-state index contributed by atoms with van der Waals surface area (Å²) in [5.74, 6) is -6.42. The predicted octanol–water partition coefficient (Wildman–Crippen LogP) is 1.49. The van der Waals surface area contributed by atoms with Gasteiger partial charge in [-0.1, -0.05) is 0 Å². The second-order valence-corrected chi connectivity index (χ2v) is 1.97. The number of carbonyl (C=O) groups is 1. The molecule has 0 heterocycles. The minimum absolute atomic E-state index is 0.298. The van der Waals surface area contributed by atoms with E-state index >= 15 is 0 Å². The maximum atomic E-state index is 12.3. The van der Waals surface area contributed by atoms with Crippen LogP contribution >= 0.6 is 0 Å². The number of hydrogen-bond acceptors (Lipinski definition) is 2. The molecule has 0 aromatic rings. The van der Waals surface area contributed by atoms with Crippen molar-refractivity contribution in [3.8, 4) is 0 Å². The van der Waals surface area contributed by atoms with Gasteiger partial charge in [-0.3, -0.25) is 0 Å². The van der Waals surface area contributed by atoms with Gasteiger partial charge in [0.15, 0.2) is 0 Å². The van der Waals surface area contributed by atoms with Crippen molar-refractivity contribution in [2.24, 2.45) is 0 Å². The molecule has 0 aliphatic heterocycles. The zero-order valence-electron chi connectivity index (χ0n) is 6.32. The molecule has 0 fully saturated rings. The van der Waals surface area contributed by atoms with Crippen LogP contribution in [0.25, 0.3) is 0 Å². The SMILES string of the molecule is CCOC(=O)C(F)(F)C(F)CF. The van der Waals surface area contributed by atoms with Crippen LogP contribution in [0.2, 0.25) is 0 Å². The summed E-state index contributed by atoms with van der Waals surface area (Å²) in [7, 11) is 0. The third kappa shape index (κ3) is 2.35. The average Bonchev–Trinajstić information content (AvgIpc) is 2.03. The van der Waals surface area contributed by atoms with E-state index in [0.717, 1.165) is 0 Å². The Balaban J connectivity index is 4.27. The maximum absolute atomic E-state index is 12.3. The molecule has 0 aliphatic rings. The van der Waals surface area contributed by atoms with Gasteiger partial charge in [0, 0.05) is 0 Å². The van der Waals surface area contributed by atoms with E-state index in [2.05, 4.69) is 4.74 Å². The number of esters is 1. The van der Waals surface area contributed by atoms with Crippen molar-refractivity contribution in [3.63, 3.8) is 0 Å². The average molecular weight is 188 g/mol. The number of rotatable bonds is 4. The van der Waals surface area contributed by atoms with E-state index in [1.807, 2.05) is 0 Å². The number of ether oxygens (including phenoxy) is 1. The molecule has 72 valence electrons. The predicted molar refractivity (Wildman–Crippen MR) is 32.5 cm³/mol. The smallest absolute Gasteiger partial charge is 0.380 e. The van der Waals surface area contributed by atoms with Crippen molar-refractivity contribution in [2.75, 3.05) is 13.3 Å². The van der Waals surface area contributed by atoms with Gasteiger partial charge in [0.05, 0.1) is 6.61 Å². The molecule has 6 heteroatoms. The number of halogens is 4. The minimum Gasteiger partial charge on any atom is -0.461 e. The van der Waals surface area contributed by atoms with Crippen LogP contribution in [-0.4, -0.2) is 31.3 Å². The fraction of sp³-hybridized carbons (Fsp3) is 0.833. The van der Waals surface area contributed by atoms with Crippen molar-refractivity contribution in [3.05, 3.63) is 0 Å². The third-order valence-electron chi connectivity index (χ3n) is 1.08. The van der Waals surface area contributed by atoms with E-state index in [1.54, 1.807) is 0 Å². The lowest BCUT2D eigenvalue weighted by atomic mass is 10.2. The monoisotopic (exact) mass is 188 g/mol. The lowest BCUT2D eigenvalue weighted by molar-refractivity contribution is -0.182. The Morgan fingerprint density at radius 2 is 2.08 bits per heavy atom. The molecular weight excluding hydrogens is 180 g/mol. The molecule has 12 heavy (non-hydrogen) atoms. The molecule has 0 radical (unpaired) electrons. The molecule has 0 spiro atoms. The van der Waals surface area contributed by atoms with E-state index in [0.29, 0.717) is 0 Å². The van der Waals surface area contributed by atoms with Gasteiger partial charge >= 0.3 is 11.9 Å². The molecule has 0 saturated carbocycles. The highest BCUT2D eigenvalue weighted by atomic mass is 19.3. The molecule has 1 unspecified atom stereocenters. The minimum atomic E-state index is -4.38. The first kappa shape index (κ1) is 11.2. The summed E-state index contributed by atoms with van der Waals surface area (Å²) < 4.78 is 51.9. The summed E-state index contributed by atoms with van der Waals surface area (Å²) in [6.45, 7) is -0.921. The normalized spacial score (nSPS) is 14.1. The van der Waals surface area contributed by atoms with Crippen LogP contribution < -0.4 is 0 Å². The number of carbonyl (C=O) groups excluding carboxylic acids is 1.